The van der Waals surface area contributed by atoms with Gasteiger partial charge in [0.2, 0.25) is 0 Å². The van der Waals surface area contributed by atoms with Crippen LogP contribution in [0.2, 0.25) is 0 Å². The largest absolute Gasteiger partial charge is 0.463 e. The van der Waals surface area contributed by atoms with Crippen LogP contribution in [0.5, 0.6) is 0 Å². The molecule has 0 saturated carbocycles. The van der Waals surface area contributed by atoms with Crippen molar-refractivity contribution < 1.29 is 29.0 Å². The fourth-order valence-electron chi connectivity index (χ4n) is 4.27. The van der Waals surface area contributed by atoms with Gasteiger partial charge in [0.1, 0.15) is 11.4 Å². The maximum absolute atomic E-state index is 13.5. The van der Waals surface area contributed by atoms with E-state index in [1.165, 1.54) is 17.3 Å². The Morgan fingerprint density at radius 3 is 2.59 bits per heavy atom. The molecule has 3 amide bonds. The number of carbonyl (C=O) groups is 3. The average Bonchev–Trinajstić information content (AvgIpc) is 3.37. The van der Waals surface area contributed by atoms with Crippen molar-refractivity contribution in [1.29, 1.82) is 0 Å². The number of aromatic nitrogens is 4. The molecule has 4 aromatic rings. The summed E-state index contributed by atoms with van der Waals surface area (Å²) in [6, 6.07) is 13.2. The van der Waals surface area contributed by atoms with E-state index in [1.807, 2.05) is 0 Å². The van der Waals surface area contributed by atoms with Crippen molar-refractivity contribution in [3.05, 3.63) is 60.9 Å². The number of rotatable bonds is 4. The molecule has 13 nitrogen and oxygen atoms in total. The van der Waals surface area contributed by atoms with Crippen LogP contribution < -0.4 is 10.2 Å². The van der Waals surface area contributed by atoms with Crippen LogP contribution in [0.1, 0.15) is 20.8 Å². The predicted molar refractivity (Wildman–Crippen MR) is 150 cm³/mol. The zero-order chi connectivity index (χ0) is 29.1. The standard InChI is InChI=1S/C28H29N7O6/c1-28(2,3)41-27(39)34(21-7-8-22-19(16-21)17-30-35(22)26(37)38)23-9-10-29-24(32-23)18-5-4-6-20(15-18)31-25(36)33-11-13-40-14-12-33/h4-10,15-17H,11-14H2,1-3H3,(H,31,36)(H,37,38). The fourth-order valence-corrected chi connectivity index (χ4v) is 4.27. The van der Waals surface area contributed by atoms with Gasteiger partial charge in [0, 0.05) is 35.9 Å². The average molecular weight is 560 g/mol. The van der Waals surface area contributed by atoms with E-state index in [0.29, 0.717) is 60.0 Å². The Kier molecular flexibility index (Phi) is 7.53. The molecule has 1 saturated heterocycles. The highest BCUT2D eigenvalue weighted by Crippen LogP contribution is 2.31. The van der Waals surface area contributed by atoms with E-state index in [4.69, 9.17) is 9.47 Å². The number of ether oxygens (including phenoxy) is 2. The molecule has 5 rings (SSSR count). The number of hydrogen-bond acceptors (Lipinski definition) is 8. The summed E-state index contributed by atoms with van der Waals surface area (Å²) in [5, 5.41) is 16.7. The summed E-state index contributed by atoms with van der Waals surface area (Å²) in [6.45, 7) is 7.29. The minimum atomic E-state index is -1.22. The lowest BCUT2D eigenvalue weighted by molar-refractivity contribution is 0.0564. The van der Waals surface area contributed by atoms with Crippen molar-refractivity contribution in [2.75, 3.05) is 36.5 Å². The van der Waals surface area contributed by atoms with Crippen molar-refractivity contribution in [2.45, 2.75) is 26.4 Å². The van der Waals surface area contributed by atoms with E-state index >= 15 is 0 Å². The fraction of sp³-hybridized carbons (Fsp3) is 0.286. The molecule has 0 aliphatic carbocycles. The zero-order valence-corrected chi connectivity index (χ0v) is 22.8. The van der Waals surface area contributed by atoms with Gasteiger partial charge in [-0.3, -0.25) is 0 Å². The summed E-state index contributed by atoms with van der Waals surface area (Å²) >= 11 is 0. The van der Waals surface area contributed by atoms with Crippen molar-refractivity contribution in [3.8, 4) is 11.4 Å². The normalized spacial score (nSPS) is 13.6. The molecular weight excluding hydrogens is 530 g/mol. The lowest BCUT2D eigenvalue weighted by Gasteiger charge is -2.27. The Bertz CT molecular complexity index is 1610. The number of nitrogens with one attached hydrogen (secondary N) is 1. The topological polar surface area (TPSA) is 152 Å². The van der Waals surface area contributed by atoms with Crippen LogP contribution in [-0.2, 0) is 9.47 Å². The third-order valence-corrected chi connectivity index (χ3v) is 6.11. The first-order valence-electron chi connectivity index (χ1n) is 12.9. The molecule has 3 heterocycles. The van der Waals surface area contributed by atoms with Gasteiger partial charge < -0.3 is 24.8 Å². The highest BCUT2D eigenvalue weighted by molar-refractivity contribution is 5.98. The van der Waals surface area contributed by atoms with Crippen LogP contribution in [0.3, 0.4) is 0 Å². The van der Waals surface area contributed by atoms with Crippen molar-refractivity contribution in [3.63, 3.8) is 0 Å². The molecule has 0 radical (unpaired) electrons. The summed E-state index contributed by atoms with van der Waals surface area (Å²) < 4.78 is 11.8. The molecule has 2 aromatic heterocycles. The molecular formula is C28H29N7O6. The Balaban J connectivity index is 1.48. The number of fused-ring (bicyclic) bond motifs is 1. The van der Waals surface area contributed by atoms with Gasteiger partial charge in [-0.05, 0) is 57.2 Å². The summed E-state index contributed by atoms with van der Waals surface area (Å²) in [5.74, 6) is 0.551. The Morgan fingerprint density at radius 2 is 1.85 bits per heavy atom. The second-order valence-electron chi connectivity index (χ2n) is 10.2. The van der Waals surface area contributed by atoms with Crippen LogP contribution in [0.4, 0.5) is 31.6 Å². The minimum Gasteiger partial charge on any atom is -0.463 e. The number of amides is 3. The molecule has 1 aliphatic rings. The van der Waals surface area contributed by atoms with E-state index in [2.05, 4.69) is 20.4 Å². The Labute approximate surface area is 235 Å². The van der Waals surface area contributed by atoms with Gasteiger partial charge in [0.15, 0.2) is 5.82 Å². The monoisotopic (exact) mass is 559 g/mol. The quantitative estimate of drug-likeness (QED) is 0.353. The van der Waals surface area contributed by atoms with Gasteiger partial charge in [-0.1, -0.05) is 12.1 Å². The first-order valence-corrected chi connectivity index (χ1v) is 12.9. The van der Waals surface area contributed by atoms with Crippen LogP contribution >= 0.6 is 0 Å². The van der Waals surface area contributed by atoms with Gasteiger partial charge in [0.25, 0.3) is 0 Å². The third-order valence-electron chi connectivity index (χ3n) is 6.11. The second-order valence-corrected chi connectivity index (χ2v) is 10.2. The van der Waals surface area contributed by atoms with Crippen LogP contribution in [0.25, 0.3) is 22.3 Å². The number of hydrogen-bond donors (Lipinski definition) is 2. The molecule has 1 aliphatic heterocycles. The maximum Gasteiger partial charge on any atom is 0.432 e. The molecule has 212 valence electrons. The van der Waals surface area contributed by atoms with Gasteiger partial charge in [-0.25, -0.2) is 29.3 Å². The number of nitrogens with zero attached hydrogens (tertiary/aromatic N) is 6. The van der Waals surface area contributed by atoms with Crippen molar-refractivity contribution >= 4 is 46.3 Å². The van der Waals surface area contributed by atoms with E-state index in [1.54, 1.807) is 74.2 Å². The van der Waals surface area contributed by atoms with Gasteiger partial charge in [0.05, 0.1) is 30.6 Å². The van der Waals surface area contributed by atoms with E-state index in [0.717, 1.165) is 4.68 Å². The number of benzene rings is 2. The molecule has 41 heavy (non-hydrogen) atoms. The SMILES string of the molecule is CC(C)(C)OC(=O)N(c1ccc2c(cnn2C(=O)O)c1)c1ccnc(-c2cccc(NC(=O)N3CCOCC3)c2)n1. The zero-order valence-electron chi connectivity index (χ0n) is 22.8. The van der Waals surface area contributed by atoms with E-state index < -0.39 is 17.8 Å². The number of anilines is 3. The Morgan fingerprint density at radius 1 is 1.07 bits per heavy atom. The summed E-state index contributed by atoms with van der Waals surface area (Å²) in [7, 11) is 0. The highest BCUT2D eigenvalue weighted by atomic mass is 16.6. The number of carboxylic acid groups (broad SMARTS) is 1. The lowest BCUT2D eigenvalue weighted by atomic mass is 10.2. The third kappa shape index (κ3) is 6.25. The van der Waals surface area contributed by atoms with Crippen LogP contribution in [-0.4, -0.2) is 79.9 Å². The van der Waals surface area contributed by atoms with Crippen molar-refractivity contribution in [2.24, 2.45) is 0 Å². The molecule has 0 spiro atoms. The summed E-state index contributed by atoms with van der Waals surface area (Å²) in [5.41, 5.74) is 1.15. The molecule has 2 N–H and O–H groups in total. The highest BCUT2D eigenvalue weighted by Gasteiger charge is 2.27. The molecule has 0 unspecified atom stereocenters. The summed E-state index contributed by atoms with van der Waals surface area (Å²) in [4.78, 5) is 49.6. The Hall–Kier alpha value is -5.04. The first-order chi connectivity index (χ1) is 19.6. The number of urea groups is 1. The van der Waals surface area contributed by atoms with Crippen LogP contribution in [0.15, 0.2) is 60.9 Å². The smallest absolute Gasteiger partial charge is 0.432 e. The van der Waals surface area contributed by atoms with Crippen molar-refractivity contribution in [1.82, 2.24) is 24.6 Å². The predicted octanol–water partition coefficient (Wildman–Crippen LogP) is 4.96. The number of carbonyl (C=O) groups excluding carboxylic acids is 2. The molecule has 1 fully saturated rings. The minimum absolute atomic E-state index is 0.224. The van der Waals surface area contributed by atoms with Crippen LogP contribution in [0, 0.1) is 0 Å². The molecule has 0 bridgehead atoms. The van der Waals surface area contributed by atoms with E-state index in [9.17, 15) is 19.5 Å². The maximum atomic E-state index is 13.5. The molecule has 0 atom stereocenters. The second kappa shape index (κ2) is 11.2. The molecule has 2 aromatic carbocycles. The number of morpholine rings is 1. The van der Waals surface area contributed by atoms with Gasteiger partial charge in [-0.2, -0.15) is 9.78 Å². The molecule has 13 heteroatoms. The lowest BCUT2D eigenvalue weighted by Crippen LogP contribution is -2.43. The summed E-state index contributed by atoms with van der Waals surface area (Å²) in [6.07, 6.45) is 1.02. The van der Waals surface area contributed by atoms with Gasteiger partial charge in [-0.15, -0.1) is 0 Å². The first kappa shape index (κ1) is 27.5. The van der Waals surface area contributed by atoms with Gasteiger partial charge >= 0.3 is 18.2 Å². The van der Waals surface area contributed by atoms with E-state index in [-0.39, 0.29) is 11.8 Å².